The van der Waals surface area contributed by atoms with E-state index in [4.69, 9.17) is 9.78 Å². The van der Waals surface area contributed by atoms with Crippen molar-refractivity contribution in [3.05, 3.63) is 35.4 Å². The van der Waals surface area contributed by atoms with Crippen LogP contribution in [0.5, 0.6) is 0 Å². The van der Waals surface area contributed by atoms with E-state index in [1.807, 2.05) is 41.5 Å². The summed E-state index contributed by atoms with van der Waals surface area (Å²) in [5.74, 6) is 1.28. The van der Waals surface area contributed by atoms with E-state index in [1.54, 1.807) is 0 Å². The van der Waals surface area contributed by atoms with E-state index in [0.29, 0.717) is 11.8 Å². The second-order valence-corrected chi connectivity index (χ2v) is 8.33. The first-order valence-electron chi connectivity index (χ1n) is 8.29. The molecule has 22 heavy (non-hydrogen) atoms. The SMILES string of the molecule is CC(C)(C)OOC(C)(C)C.CC(C)c1ccccc1C(C)C. The summed E-state index contributed by atoms with van der Waals surface area (Å²) >= 11 is 0. The lowest BCUT2D eigenvalue weighted by Crippen LogP contribution is -2.27. The van der Waals surface area contributed by atoms with E-state index in [1.165, 1.54) is 11.1 Å². The Bertz CT molecular complexity index is 379. The monoisotopic (exact) mass is 308 g/mol. The van der Waals surface area contributed by atoms with Crippen molar-refractivity contribution < 1.29 is 9.78 Å². The van der Waals surface area contributed by atoms with Gasteiger partial charge in [0.05, 0.1) is 11.2 Å². The van der Waals surface area contributed by atoms with Crippen molar-refractivity contribution in [2.24, 2.45) is 0 Å². The quantitative estimate of drug-likeness (QED) is 0.471. The minimum Gasteiger partial charge on any atom is -0.230 e. The van der Waals surface area contributed by atoms with E-state index in [-0.39, 0.29) is 11.2 Å². The van der Waals surface area contributed by atoms with Crippen LogP contribution in [-0.2, 0) is 9.78 Å². The van der Waals surface area contributed by atoms with Crippen LogP contribution < -0.4 is 0 Å². The number of rotatable bonds is 3. The Hall–Kier alpha value is -0.860. The van der Waals surface area contributed by atoms with Crippen molar-refractivity contribution in [1.29, 1.82) is 0 Å². The minimum atomic E-state index is -0.215. The zero-order valence-corrected chi connectivity index (χ0v) is 16.3. The van der Waals surface area contributed by atoms with E-state index >= 15 is 0 Å². The Labute approximate surface area is 138 Å². The van der Waals surface area contributed by atoms with Crippen LogP contribution in [0, 0.1) is 0 Å². The van der Waals surface area contributed by atoms with Gasteiger partial charge in [0, 0.05) is 0 Å². The van der Waals surface area contributed by atoms with Crippen molar-refractivity contribution in [3.8, 4) is 0 Å². The van der Waals surface area contributed by atoms with Crippen LogP contribution in [0.2, 0.25) is 0 Å². The highest BCUT2D eigenvalue weighted by atomic mass is 17.2. The number of hydrogen-bond donors (Lipinski definition) is 0. The lowest BCUT2D eigenvalue weighted by Gasteiger charge is -2.24. The van der Waals surface area contributed by atoms with Crippen molar-refractivity contribution in [3.63, 3.8) is 0 Å². The van der Waals surface area contributed by atoms with E-state index in [9.17, 15) is 0 Å². The smallest absolute Gasteiger partial charge is 0.0952 e. The molecule has 0 aromatic heterocycles. The molecule has 0 spiro atoms. The molecule has 1 rings (SSSR count). The molecule has 0 radical (unpaired) electrons. The Morgan fingerprint density at radius 3 is 1.09 bits per heavy atom. The third-order valence-electron chi connectivity index (χ3n) is 2.78. The first-order chi connectivity index (χ1) is 9.83. The molecular weight excluding hydrogens is 272 g/mol. The normalized spacial score (nSPS) is 12.4. The second kappa shape index (κ2) is 8.69. The van der Waals surface area contributed by atoms with Gasteiger partial charge in [0.15, 0.2) is 0 Å². The molecule has 0 saturated heterocycles. The molecule has 0 aliphatic rings. The van der Waals surface area contributed by atoms with Crippen LogP contribution in [0.4, 0.5) is 0 Å². The number of benzene rings is 1. The topological polar surface area (TPSA) is 18.5 Å². The van der Waals surface area contributed by atoms with E-state index in [2.05, 4.69) is 52.0 Å². The third kappa shape index (κ3) is 9.97. The molecule has 0 saturated carbocycles. The molecule has 0 amide bonds. The van der Waals surface area contributed by atoms with Gasteiger partial charge in [-0.15, -0.1) is 0 Å². The van der Waals surface area contributed by atoms with Crippen LogP contribution in [-0.4, -0.2) is 11.2 Å². The molecule has 0 unspecified atom stereocenters. The maximum Gasteiger partial charge on any atom is 0.0952 e. The lowest BCUT2D eigenvalue weighted by molar-refractivity contribution is -0.393. The molecule has 1 aromatic carbocycles. The molecule has 0 atom stereocenters. The summed E-state index contributed by atoms with van der Waals surface area (Å²) in [6, 6.07) is 8.72. The second-order valence-electron chi connectivity index (χ2n) is 8.33. The summed E-state index contributed by atoms with van der Waals surface area (Å²) in [6.45, 7) is 20.7. The summed E-state index contributed by atoms with van der Waals surface area (Å²) in [5.41, 5.74) is 2.56. The molecule has 0 bridgehead atoms. The summed E-state index contributed by atoms with van der Waals surface area (Å²) < 4.78 is 0. The average molecular weight is 309 g/mol. The predicted octanol–water partition coefficient (Wildman–Crippen LogP) is 6.47. The van der Waals surface area contributed by atoms with Gasteiger partial charge in [-0.1, -0.05) is 52.0 Å². The Balaban J connectivity index is 0.000000409. The molecule has 0 aliphatic carbocycles. The average Bonchev–Trinajstić information content (AvgIpc) is 2.35. The Morgan fingerprint density at radius 1 is 0.636 bits per heavy atom. The minimum absolute atomic E-state index is 0.215. The van der Waals surface area contributed by atoms with Gasteiger partial charge in [-0.25, -0.2) is 9.78 Å². The van der Waals surface area contributed by atoms with E-state index < -0.39 is 0 Å². The summed E-state index contributed by atoms with van der Waals surface area (Å²) in [5, 5.41) is 0. The summed E-state index contributed by atoms with van der Waals surface area (Å²) in [7, 11) is 0. The zero-order valence-electron chi connectivity index (χ0n) is 16.3. The van der Waals surface area contributed by atoms with Gasteiger partial charge in [-0.3, -0.25) is 0 Å². The fourth-order valence-electron chi connectivity index (χ4n) is 1.81. The van der Waals surface area contributed by atoms with Gasteiger partial charge in [0.25, 0.3) is 0 Å². The molecule has 2 nitrogen and oxygen atoms in total. The highest BCUT2D eigenvalue weighted by Gasteiger charge is 2.18. The summed E-state index contributed by atoms with van der Waals surface area (Å²) in [4.78, 5) is 10.2. The zero-order chi connectivity index (χ0) is 17.6. The molecule has 0 N–H and O–H groups in total. The fourth-order valence-corrected chi connectivity index (χ4v) is 1.81. The Morgan fingerprint density at radius 2 is 0.909 bits per heavy atom. The molecule has 128 valence electrons. The van der Waals surface area contributed by atoms with Crippen molar-refractivity contribution in [2.75, 3.05) is 0 Å². The van der Waals surface area contributed by atoms with Crippen molar-refractivity contribution in [2.45, 2.75) is 92.3 Å². The molecule has 1 aromatic rings. The van der Waals surface area contributed by atoms with Crippen LogP contribution >= 0.6 is 0 Å². The van der Waals surface area contributed by atoms with Gasteiger partial charge in [-0.2, -0.15) is 0 Å². The highest BCUT2D eigenvalue weighted by Crippen LogP contribution is 2.25. The maximum absolute atomic E-state index is 5.09. The lowest BCUT2D eigenvalue weighted by atomic mass is 9.91. The third-order valence-corrected chi connectivity index (χ3v) is 2.78. The molecule has 0 heterocycles. The van der Waals surface area contributed by atoms with Gasteiger partial charge in [-0.05, 0) is 64.5 Å². The largest absolute Gasteiger partial charge is 0.230 e. The fraction of sp³-hybridized carbons (Fsp3) is 0.700. The van der Waals surface area contributed by atoms with Gasteiger partial charge >= 0.3 is 0 Å². The van der Waals surface area contributed by atoms with Gasteiger partial charge < -0.3 is 0 Å². The first-order valence-corrected chi connectivity index (χ1v) is 8.29. The van der Waals surface area contributed by atoms with E-state index in [0.717, 1.165) is 0 Å². The summed E-state index contributed by atoms with van der Waals surface area (Å²) in [6.07, 6.45) is 0. The predicted molar refractivity (Wildman–Crippen MR) is 96.3 cm³/mol. The standard InChI is InChI=1S/C12H18.C8H18O2/c1-9(2)11-7-5-6-8-12(11)10(3)4;1-7(2,3)9-10-8(4,5)6/h5-10H,1-4H3;1-6H3. The first kappa shape index (κ1) is 21.1. The van der Waals surface area contributed by atoms with Crippen molar-refractivity contribution in [1.82, 2.24) is 0 Å². The van der Waals surface area contributed by atoms with Crippen LogP contribution in [0.3, 0.4) is 0 Å². The molecule has 0 fully saturated rings. The molecule has 2 heteroatoms. The molecular formula is C20H36O2. The van der Waals surface area contributed by atoms with Crippen molar-refractivity contribution >= 4 is 0 Å². The Kier molecular flexibility index (Phi) is 8.35. The van der Waals surface area contributed by atoms with Crippen LogP contribution in [0.15, 0.2) is 24.3 Å². The maximum atomic E-state index is 5.09. The van der Waals surface area contributed by atoms with Gasteiger partial charge in [0.2, 0.25) is 0 Å². The van der Waals surface area contributed by atoms with Crippen LogP contribution in [0.1, 0.15) is 92.2 Å². The highest BCUT2D eigenvalue weighted by molar-refractivity contribution is 5.31. The number of hydrogen-bond acceptors (Lipinski definition) is 2. The van der Waals surface area contributed by atoms with Crippen LogP contribution in [0.25, 0.3) is 0 Å². The molecule has 0 aliphatic heterocycles. The van der Waals surface area contributed by atoms with Gasteiger partial charge in [0.1, 0.15) is 0 Å².